The minimum absolute atomic E-state index is 0.0712. The fourth-order valence-corrected chi connectivity index (χ4v) is 2.75. The number of amides is 1. The lowest BCUT2D eigenvalue weighted by Crippen LogP contribution is -2.49. The third-order valence-electron chi connectivity index (χ3n) is 3.96. The number of ether oxygens (including phenoxy) is 1. The van der Waals surface area contributed by atoms with Crippen molar-refractivity contribution in [3.63, 3.8) is 0 Å². The first-order chi connectivity index (χ1) is 10.3. The number of carbonyl (C=O) groups is 1. The molecule has 1 aliphatic carbocycles. The fourth-order valence-electron chi connectivity index (χ4n) is 2.62. The summed E-state index contributed by atoms with van der Waals surface area (Å²) in [6.07, 6.45) is 0.449. The summed E-state index contributed by atoms with van der Waals surface area (Å²) in [5, 5.41) is 22.4. The number of aliphatic hydroxyl groups is 2. The molecule has 6 heteroatoms. The SMILES string of the molecule is CC(C)(Oc1ccc(Cl)cc1)C(=O)N[C@@H]1C[C@@H](CO)[C@H](O)C1. The summed E-state index contributed by atoms with van der Waals surface area (Å²) in [5.41, 5.74) is -1.05. The predicted octanol–water partition coefficient (Wildman–Crippen LogP) is 1.75. The maximum Gasteiger partial charge on any atom is 0.263 e. The van der Waals surface area contributed by atoms with Crippen LogP contribution < -0.4 is 10.1 Å². The zero-order valence-electron chi connectivity index (χ0n) is 12.8. The number of carbonyl (C=O) groups excluding carboxylic acids is 1. The van der Waals surface area contributed by atoms with E-state index in [4.69, 9.17) is 21.4 Å². The number of hydrogen-bond acceptors (Lipinski definition) is 4. The van der Waals surface area contributed by atoms with E-state index in [0.29, 0.717) is 23.6 Å². The van der Waals surface area contributed by atoms with Crippen LogP contribution in [0.5, 0.6) is 5.75 Å². The average molecular weight is 328 g/mol. The smallest absolute Gasteiger partial charge is 0.263 e. The molecular formula is C16H22ClNO4. The number of aliphatic hydroxyl groups excluding tert-OH is 2. The van der Waals surface area contributed by atoms with Crippen LogP contribution in [0.25, 0.3) is 0 Å². The molecule has 0 aromatic heterocycles. The van der Waals surface area contributed by atoms with Crippen LogP contribution in [0.2, 0.25) is 5.02 Å². The van der Waals surface area contributed by atoms with Gasteiger partial charge in [-0.1, -0.05) is 11.6 Å². The molecule has 0 bridgehead atoms. The molecule has 0 unspecified atom stereocenters. The van der Waals surface area contributed by atoms with Gasteiger partial charge in [-0.3, -0.25) is 4.79 Å². The lowest BCUT2D eigenvalue weighted by molar-refractivity contribution is -0.135. The van der Waals surface area contributed by atoms with Crippen molar-refractivity contribution in [1.29, 1.82) is 0 Å². The second kappa shape index (κ2) is 6.86. The van der Waals surface area contributed by atoms with Crippen LogP contribution in [0.3, 0.4) is 0 Å². The molecule has 0 spiro atoms. The Morgan fingerprint density at radius 1 is 1.36 bits per heavy atom. The molecule has 122 valence electrons. The molecule has 0 heterocycles. The molecular weight excluding hydrogens is 306 g/mol. The van der Waals surface area contributed by atoms with Crippen molar-refractivity contribution >= 4 is 17.5 Å². The van der Waals surface area contributed by atoms with Gasteiger partial charge in [0.15, 0.2) is 5.60 Å². The zero-order valence-corrected chi connectivity index (χ0v) is 13.5. The van der Waals surface area contributed by atoms with Gasteiger partial charge in [0.1, 0.15) is 5.75 Å². The topological polar surface area (TPSA) is 78.8 Å². The quantitative estimate of drug-likeness (QED) is 0.770. The Kier molecular flexibility index (Phi) is 5.32. The summed E-state index contributed by atoms with van der Waals surface area (Å²) in [6.45, 7) is 3.30. The zero-order chi connectivity index (χ0) is 16.3. The van der Waals surface area contributed by atoms with E-state index in [2.05, 4.69) is 5.32 Å². The van der Waals surface area contributed by atoms with Crippen molar-refractivity contribution in [2.45, 2.75) is 44.4 Å². The van der Waals surface area contributed by atoms with Crippen molar-refractivity contribution < 1.29 is 19.7 Å². The van der Waals surface area contributed by atoms with Crippen molar-refractivity contribution in [2.24, 2.45) is 5.92 Å². The molecule has 1 aromatic carbocycles. The second-order valence-corrected chi connectivity index (χ2v) is 6.65. The number of benzene rings is 1. The molecule has 22 heavy (non-hydrogen) atoms. The molecule has 2 rings (SSSR count). The molecule has 1 aliphatic rings. The van der Waals surface area contributed by atoms with Gasteiger partial charge >= 0.3 is 0 Å². The molecule has 1 fully saturated rings. The Labute approximate surface area is 135 Å². The van der Waals surface area contributed by atoms with Crippen molar-refractivity contribution in [3.8, 4) is 5.75 Å². The summed E-state index contributed by atoms with van der Waals surface area (Å²) in [4.78, 5) is 12.4. The van der Waals surface area contributed by atoms with Crippen LogP contribution in [-0.4, -0.2) is 40.5 Å². The fraction of sp³-hybridized carbons (Fsp3) is 0.562. The highest BCUT2D eigenvalue weighted by Gasteiger charge is 2.37. The number of nitrogens with one attached hydrogen (secondary N) is 1. The van der Waals surface area contributed by atoms with Gasteiger partial charge in [-0.25, -0.2) is 0 Å². The third kappa shape index (κ3) is 4.12. The van der Waals surface area contributed by atoms with E-state index < -0.39 is 11.7 Å². The average Bonchev–Trinajstić information content (AvgIpc) is 2.81. The van der Waals surface area contributed by atoms with E-state index in [9.17, 15) is 9.90 Å². The standard InChI is InChI=1S/C16H22ClNO4/c1-16(2,22-13-5-3-11(17)4-6-13)15(21)18-12-7-10(9-19)14(20)8-12/h3-6,10,12,14,19-20H,7-9H2,1-2H3,(H,18,21)/t10-,12+,14+/m0/s1. The maximum atomic E-state index is 12.4. The van der Waals surface area contributed by atoms with E-state index in [-0.39, 0.29) is 24.5 Å². The summed E-state index contributed by atoms with van der Waals surface area (Å²) in [7, 11) is 0. The van der Waals surface area contributed by atoms with Gasteiger partial charge in [-0.2, -0.15) is 0 Å². The van der Waals surface area contributed by atoms with Crippen LogP contribution in [0, 0.1) is 5.92 Å². The lowest BCUT2D eigenvalue weighted by atomic mass is 10.1. The Morgan fingerprint density at radius 2 is 2.00 bits per heavy atom. The monoisotopic (exact) mass is 327 g/mol. The molecule has 0 saturated heterocycles. The molecule has 1 saturated carbocycles. The summed E-state index contributed by atoms with van der Waals surface area (Å²) in [6, 6.07) is 6.66. The minimum Gasteiger partial charge on any atom is -0.478 e. The largest absolute Gasteiger partial charge is 0.478 e. The first kappa shape index (κ1) is 17.1. The summed E-state index contributed by atoms with van der Waals surface area (Å²) >= 11 is 5.82. The predicted molar refractivity (Wildman–Crippen MR) is 83.9 cm³/mol. The first-order valence-electron chi connectivity index (χ1n) is 7.36. The van der Waals surface area contributed by atoms with E-state index >= 15 is 0 Å². The van der Waals surface area contributed by atoms with Crippen LogP contribution in [0.4, 0.5) is 0 Å². The van der Waals surface area contributed by atoms with E-state index in [1.807, 2.05) is 0 Å². The van der Waals surface area contributed by atoms with Crippen LogP contribution in [0.1, 0.15) is 26.7 Å². The van der Waals surface area contributed by atoms with Gasteiger partial charge < -0.3 is 20.3 Å². The first-order valence-corrected chi connectivity index (χ1v) is 7.74. The highest BCUT2D eigenvalue weighted by Crippen LogP contribution is 2.27. The number of halogens is 1. The maximum absolute atomic E-state index is 12.4. The summed E-state index contributed by atoms with van der Waals surface area (Å²) < 4.78 is 5.73. The normalized spacial score (nSPS) is 25.0. The van der Waals surface area contributed by atoms with Crippen molar-refractivity contribution in [3.05, 3.63) is 29.3 Å². The molecule has 1 amide bonds. The molecule has 0 aliphatic heterocycles. The molecule has 0 radical (unpaired) electrons. The lowest BCUT2D eigenvalue weighted by Gasteiger charge is -2.27. The Bertz CT molecular complexity index is 517. The third-order valence-corrected chi connectivity index (χ3v) is 4.21. The molecule has 3 atom stereocenters. The van der Waals surface area contributed by atoms with Crippen LogP contribution in [-0.2, 0) is 4.79 Å². The number of rotatable bonds is 5. The highest BCUT2D eigenvalue weighted by molar-refractivity contribution is 6.30. The van der Waals surface area contributed by atoms with Gasteiger partial charge in [0.2, 0.25) is 0 Å². The van der Waals surface area contributed by atoms with Gasteiger partial charge in [0, 0.05) is 23.6 Å². The summed E-state index contributed by atoms with van der Waals surface area (Å²) in [5.74, 6) is 0.132. The van der Waals surface area contributed by atoms with Gasteiger partial charge in [0.05, 0.1) is 6.10 Å². The van der Waals surface area contributed by atoms with Crippen LogP contribution in [0.15, 0.2) is 24.3 Å². The Balaban J connectivity index is 1.94. The van der Waals surface area contributed by atoms with Crippen molar-refractivity contribution in [1.82, 2.24) is 5.32 Å². The molecule has 1 aromatic rings. The van der Waals surface area contributed by atoms with Gasteiger partial charge in [0.25, 0.3) is 5.91 Å². The Hall–Kier alpha value is -1.30. The number of hydrogen-bond donors (Lipinski definition) is 3. The van der Waals surface area contributed by atoms with E-state index in [1.165, 1.54) is 0 Å². The van der Waals surface area contributed by atoms with Crippen molar-refractivity contribution in [2.75, 3.05) is 6.61 Å². The van der Waals surface area contributed by atoms with E-state index in [1.54, 1.807) is 38.1 Å². The molecule has 5 nitrogen and oxygen atoms in total. The second-order valence-electron chi connectivity index (χ2n) is 6.22. The van der Waals surface area contributed by atoms with Crippen LogP contribution >= 0.6 is 11.6 Å². The Morgan fingerprint density at radius 3 is 2.55 bits per heavy atom. The van der Waals surface area contributed by atoms with Gasteiger partial charge in [-0.15, -0.1) is 0 Å². The van der Waals surface area contributed by atoms with Gasteiger partial charge in [-0.05, 0) is 51.0 Å². The molecule has 3 N–H and O–H groups in total. The highest BCUT2D eigenvalue weighted by atomic mass is 35.5. The minimum atomic E-state index is -1.05. The van der Waals surface area contributed by atoms with E-state index in [0.717, 1.165) is 0 Å².